The Bertz CT molecular complexity index is 1260. The summed E-state index contributed by atoms with van der Waals surface area (Å²) in [7, 11) is -3.71. The summed E-state index contributed by atoms with van der Waals surface area (Å²) in [6.07, 6.45) is 11.2. The second kappa shape index (κ2) is 6.44. The van der Waals surface area contributed by atoms with Crippen molar-refractivity contribution in [2.24, 2.45) is 0 Å². The predicted octanol–water partition coefficient (Wildman–Crippen LogP) is 4.28. The van der Waals surface area contributed by atoms with Crippen LogP contribution in [0, 0.1) is 6.92 Å². The molecule has 1 aliphatic carbocycles. The van der Waals surface area contributed by atoms with Gasteiger partial charge in [0.05, 0.1) is 16.6 Å². The quantitative estimate of drug-likeness (QED) is 0.520. The zero-order valence-corrected chi connectivity index (χ0v) is 16.6. The molecule has 28 heavy (non-hydrogen) atoms. The van der Waals surface area contributed by atoms with Crippen molar-refractivity contribution in [1.82, 2.24) is 18.3 Å². The van der Waals surface area contributed by atoms with Crippen LogP contribution in [0.15, 0.2) is 53.8 Å². The highest BCUT2D eigenvalue weighted by Gasteiger charge is 2.24. The smallest absolute Gasteiger partial charge is 0.269 e. The minimum Gasteiger partial charge on any atom is -0.292 e. The van der Waals surface area contributed by atoms with E-state index in [1.807, 2.05) is 19.2 Å². The molecule has 0 unspecified atom stereocenters. The van der Waals surface area contributed by atoms with Gasteiger partial charge >= 0.3 is 0 Å². The molecule has 0 saturated heterocycles. The van der Waals surface area contributed by atoms with E-state index in [4.69, 9.17) is 0 Å². The van der Waals surface area contributed by atoms with E-state index in [1.54, 1.807) is 36.7 Å². The summed E-state index contributed by atoms with van der Waals surface area (Å²) < 4.78 is 29.7. The third kappa shape index (κ3) is 2.64. The number of nitrogens with zero attached hydrogens (tertiary/aromatic N) is 4. The maximum Gasteiger partial charge on any atom is 0.269 e. The van der Waals surface area contributed by atoms with Crippen molar-refractivity contribution in [1.29, 1.82) is 0 Å². The summed E-state index contributed by atoms with van der Waals surface area (Å²) in [5, 5.41) is 0. The van der Waals surface area contributed by atoms with Gasteiger partial charge in [0.1, 0.15) is 0 Å². The summed E-state index contributed by atoms with van der Waals surface area (Å²) in [6, 6.07) is 8.72. The summed E-state index contributed by atoms with van der Waals surface area (Å²) in [6.45, 7) is 1.94. The molecule has 1 saturated carbocycles. The van der Waals surface area contributed by atoms with E-state index < -0.39 is 10.0 Å². The third-order valence-corrected chi connectivity index (χ3v) is 7.45. The standard InChI is InChI=1S/C21H22N4O2S/c1-15-7-9-17(10-8-15)28(26,27)24-12-11-18-21(24)23-14-20-22-13-19(25(18)20)16-5-3-2-4-6-16/h7-14,16H,2-6H2,1H3. The Labute approximate surface area is 163 Å². The van der Waals surface area contributed by atoms with Crippen LogP contribution >= 0.6 is 0 Å². The summed E-state index contributed by atoms with van der Waals surface area (Å²) in [4.78, 5) is 9.22. The first-order valence-electron chi connectivity index (χ1n) is 9.71. The fraction of sp³-hybridized carbons (Fsp3) is 0.333. The van der Waals surface area contributed by atoms with Crippen molar-refractivity contribution >= 4 is 26.8 Å². The van der Waals surface area contributed by atoms with Gasteiger partial charge in [-0.15, -0.1) is 0 Å². The summed E-state index contributed by atoms with van der Waals surface area (Å²) in [5.74, 6) is 0.464. The number of hydrogen-bond acceptors (Lipinski definition) is 4. The molecule has 0 atom stereocenters. The number of aromatic nitrogens is 4. The highest BCUT2D eigenvalue weighted by molar-refractivity contribution is 7.90. The van der Waals surface area contributed by atoms with Crippen molar-refractivity contribution in [3.05, 3.63) is 60.2 Å². The van der Waals surface area contributed by atoms with E-state index in [0.717, 1.165) is 35.3 Å². The molecule has 7 heteroatoms. The van der Waals surface area contributed by atoms with E-state index in [9.17, 15) is 8.42 Å². The number of fused-ring (bicyclic) bond motifs is 3. The van der Waals surface area contributed by atoms with Crippen LogP contribution in [-0.2, 0) is 10.0 Å². The maximum atomic E-state index is 13.2. The van der Waals surface area contributed by atoms with Gasteiger partial charge < -0.3 is 0 Å². The third-order valence-electron chi connectivity index (χ3n) is 5.77. The van der Waals surface area contributed by atoms with Gasteiger partial charge in [0.15, 0.2) is 11.3 Å². The van der Waals surface area contributed by atoms with Crippen molar-refractivity contribution in [2.75, 3.05) is 0 Å². The van der Waals surface area contributed by atoms with E-state index in [-0.39, 0.29) is 4.90 Å². The molecule has 3 heterocycles. The second-order valence-electron chi connectivity index (χ2n) is 7.61. The van der Waals surface area contributed by atoms with Gasteiger partial charge in [-0.05, 0) is 38.0 Å². The van der Waals surface area contributed by atoms with Gasteiger partial charge in [-0.25, -0.2) is 22.4 Å². The highest BCUT2D eigenvalue weighted by Crippen LogP contribution is 2.34. The zero-order valence-electron chi connectivity index (χ0n) is 15.7. The Hall–Kier alpha value is -2.67. The van der Waals surface area contributed by atoms with Gasteiger partial charge in [-0.3, -0.25) is 4.40 Å². The molecular formula is C21H22N4O2S. The van der Waals surface area contributed by atoms with E-state index in [2.05, 4.69) is 14.4 Å². The number of aryl methyl sites for hydroxylation is 1. The average Bonchev–Trinajstić information content (AvgIpc) is 3.33. The highest BCUT2D eigenvalue weighted by atomic mass is 32.2. The molecule has 6 nitrogen and oxygen atoms in total. The number of hydrogen-bond donors (Lipinski definition) is 0. The van der Waals surface area contributed by atoms with Gasteiger partial charge in [0.2, 0.25) is 0 Å². The zero-order chi connectivity index (χ0) is 19.3. The lowest BCUT2D eigenvalue weighted by atomic mass is 9.87. The van der Waals surface area contributed by atoms with Gasteiger partial charge in [-0.1, -0.05) is 37.0 Å². The molecule has 0 N–H and O–H groups in total. The molecule has 0 aliphatic heterocycles. The van der Waals surface area contributed by atoms with E-state index in [0.29, 0.717) is 11.6 Å². The molecule has 3 aromatic heterocycles. The van der Waals surface area contributed by atoms with Crippen LogP contribution in [0.1, 0.15) is 49.3 Å². The fourth-order valence-corrected chi connectivity index (χ4v) is 5.55. The number of imidazole rings is 1. The summed E-state index contributed by atoms with van der Waals surface area (Å²) >= 11 is 0. The topological polar surface area (TPSA) is 69.3 Å². The molecule has 0 spiro atoms. The molecule has 0 radical (unpaired) electrons. The second-order valence-corrected chi connectivity index (χ2v) is 9.42. The first-order chi connectivity index (χ1) is 13.6. The lowest BCUT2D eigenvalue weighted by molar-refractivity contribution is 0.436. The Balaban J connectivity index is 1.69. The lowest BCUT2D eigenvalue weighted by Crippen LogP contribution is -2.13. The van der Waals surface area contributed by atoms with Crippen molar-refractivity contribution in [2.45, 2.75) is 49.8 Å². The number of rotatable bonds is 3. The van der Waals surface area contributed by atoms with E-state index in [1.165, 1.54) is 23.2 Å². The lowest BCUT2D eigenvalue weighted by Gasteiger charge is -2.21. The van der Waals surface area contributed by atoms with Crippen LogP contribution in [0.2, 0.25) is 0 Å². The Kier molecular flexibility index (Phi) is 4.01. The van der Waals surface area contributed by atoms with Gasteiger partial charge in [0.25, 0.3) is 10.0 Å². The Morgan fingerprint density at radius 1 is 0.964 bits per heavy atom. The van der Waals surface area contributed by atoms with Crippen molar-refractivity contribution < 1.29 is 8.42 Å². The predicted molar refractivity (Wildman–Crippen MR) is 108 cm³/mol. The fourth-order valence-electron chi connectivity index (χ4n) is 4.25. The maximum absolute atomic E-state index is 13.2. The van der Waals surface area contributed by atoms with Crippen LogP contribution in [0.3, 0.4) is 0 Å². The van der Waals surface area contributed by atoms with Crippen LogP contribution in [0.25, 0.3) is 16.8 Å². The monoisotopic (exact) mass is 394 g/mol. The minimum atomic E-state index is -3.71. The van der Waals surface area contributed by atoms with Crippen LogP contribution < -0.4 is 0 Å². The van der Waals surface area contributed by atoms with Crippen LogP contribution in [0.4, 0.5) is 0 Å². The number of benzene rings is 1. The van der Waals surface area contributed by atoms with Gasteiger partial charge in [-0.2, -0.15) is 0 Å². The first-order valence-corrected chi connectivity index (χ1v) is 11.2. The molecule has 4 aromatic rings. The minimum absolute atomic E-state index is 0.260. The molecule has 0 bridgehead atoms. The molecule has 1 aliphatic rings. The first kappa shape index (κ1) is 17.4. The summed E-state index contributed by atoms with van der Waals surface area (Å²) in [5.41, 5.74) is 4.16. The molecule has 144 valence electrons. The average molecular weight is 395 g/mol. The molecule has 1 fully saturated rings. The molecular weight excluding hydrogens is 372 g/mol. The van der Waals surface area contributed by atoms with E-state index >= 15 is 0 Å². The molecule has 1 aromatic carbocycles. The Morgan fingerprint density at radius 3 is 2.46 bits per heavy atom. The SMILES string of the molecule is Cc1ccc(S(=O)(=O)n2ccc3c2ncc2ncc(C4CCCCC4)n23)cc1. The van der Waals surface area contributed by atoms with Crippen LogP contribution in [-0.4, -0.2) is 26.8 Å². The van der Waals surface area contributed by atoms with Crippen LogP contribution in [0.5, 0.6) is 0 Å². The van der Waals surface area contributed by atoms with Crippen molar-refractivity contribution in [3.63, 3.8) is 0 Å². The Morgan fingerprint density at radius 2 is 1.71 bits per heavy atom. The molecule has 0 amide bonds. The largest absolute Gasteiger partial charge is 0.292 e. The van der Waals surface area contributed by atoms with Crippen molar-refractivity contribution in [3.8, 4) is 0 Å². The van der Waals surface area contributed by atoms with Gasteiger partial charge in [0, 0.05) is 24.0 Å². The molecule has 5 rings (SSSR count). The normalized spacial score (nSPS) is 16.2.